The number of ketones is 1. The molecule has 14 heavy (non-hydrogen) atoms. The van der Waals surface area contributed by atoms with Crippen LogP contribution in [0.1, 0.15) is 0 Å². The Hall–Kier alpha value is -0.980. The molecule has 1 fully saturated rings. The lowest BCUT2D eigenvalue weighted by atomic mass is 9.91. The van der Waals surface area contributed by atoms with Gasteiger partial charge in [0.05, 0.1) is 0 Å². The largest absolute Gasteiger partial charge is 0.465 e. The number of halogens is 4. The maximum Gasteiger partial charge on any atom is 0.404 e. The summed E-state index contributed by atoms with van der Waals surface area (Å²) >= 11 is 0. The van der Waals surface area contributed by atoms with Crippen molar-refractivity contribution in [1.29, 1.82) is 0 Å². The van der Waals surface area contributed by atoms with Gasteiger partial charge in [0.2, 0.25) is 5.78 Å². The third kappa shape index (κ3) is 3.82. The zero-order valence-electron chi connectivity index (χ0n) is 7.04. The molecule has 2 unspecified atom stereocenters. The molecular weight excluding hydrogens is 227 g/mol. The molecule has 0 bridgehead atoms. The number of hydrogen-bond donors (Lipinski definition) is 2. The predicted molar refractivity (Wildman–Crippen MR) is 44.0 cm³/mol. The molecule has 1 saturated carbocycles. The van der Waals surface area contributed by atoms with E-state index >= 15 is 0 Å². The zero-order valence-corrected chi connectivity index (χ0v) is 7.85. The van der Waals surface area contributed by atoms with Crippen LogP contribution in [0.4, 0.5) is 18.0 Å². The van der Waals surface area contributed by atoms with Crippen molar-refractivity contribution in [2.24, 2.45) is 0 Å². The van der Waals surface area contributed by atoms with Crippen LogP contribution in [-0.2, 0) is 4.79 Å². The van der Waals surface area contributed by atoms with Crippen LogP contribution in [0.2, 0.25) is 0 Å². The number of carbonyl (C=O) groups is 2. The number of rotatable bonds is 0. The van der Waals surface area contributed by atoms with E-state index in [0.29, 0.717) is 0 Å². The Labute approximate surface area is 83.9 Å². The molecule has 0 aliphatic heterocycles. The van der Waals surface area contributed by atoms with Crippen LogP contribution in [-0.4, -0.2) is 42.5 Å². The highest BCUT2D eigenvalue weighted by Crippen LogP contribution is 2.25. The second-order valence-electron chi connectivity index (χ2n) is 2.21. The van der Waals surface area contributed by atoms with E-state index < -0.39 is 30.4 Å². The molecule has 1 amide bonds. The Morgan fingerprint density at radius 3 is 1.71 bits per heavy atom. The number of alkyl halides is 3. The van der Waals surface area contributed by atoms with Gasteiger partial charge >= 0.3 is 6.09 Å². The van der Waals surface area contributed by atoms with Gasteiger partial charge in [0.1, 0.15) is 0 Å². The summed E-state index contributed by atoms with van der Waals surface area (Å²) in [6.45, 7) is 0. The van der Waals surface area contributed by atoms with E-state index in [4.69, 9.17) is 5.11 Å². The number of carboxylic acid groups (broad SMARTS) is 1. The van der Waals surface area contributed by atoms with Crippen molar-refractivity contribution in [2.75, 3.05) is 7.05 Å². The van der Waals surface area contributed by atoms with Crippen LogP contribution in [0.15, 0.2) is 0 Å². The van der Waals surface area contributed by atoms with Crippen molar-refractivity contribution in [3.8, 4) is 0 Å². The van der Waals surface area contributed by atoms with Crippen LogP contribution < -0.4 is 5.32 Å². The first-order valence-electron chi connectivity index (χ1n) is 3.28. The average molecular weight is 236 g/mol. The summed E-state index contributed by atoms with van der Waals surface area (Å²) in [4.78, 5) is 19.0. The molecule has 0 aromatic heterocycles. The first-order valence-corrected chi connectivity index (χ1v) is 3.28. The van der Waals surface area contributed by atoms with Gasteiger partial charge in [-0.2, -0.15) is 0 Å². The van der Waals surface area contributed by atoms with Crippen molar-refractivity contribution >= 4 is 24.3 Å². The van der Waals surface area contributed by atoms with Crippen LogP contribution in [0.5, 0.6) is 0 Å². The quantitative estimate of drug-likeness (QED) is 0.655. The summed E-state index contributed by atoms with van der Waals surface area (Å²) in [5.41, 5.74) is 0. The van der Waals surface area contributed by atoms with Gasteiger partial charge < -0.3 is 10.4 Å². The number of hydrogen-bond acceptors (Lipinski definition) is 2. The monoisotopic (exact) mass is 235 g/mol. The number of amides is 1. The predicted octanol–water partition coefficient (Wildman–Crippen LogP) is 0.889. The second kappa shape index (κ2) is 6.47. The van der Waals surface area contributed by atoms with Crippen LogP contribution in [0, 0.1) is 0 Å². The molecule has 0 saturated heterocycles. The van der Waals surface area contributed by atoms with Crippen LogP contribution >= 0.6 is 12.4 Å². The van der Waals surface area contributed by atoms with Crippen molar-refractivity contribution in [1.82, 2.24) is 5.32 Å². The SMILES string of the molecule is CNC(=O)O.Cl.O=C1C(F)C(F)C1F. The summed E-state index contributed by atoms with van der Waals surface area (Å²) < 4.78 is 34.8. The summed E-state index contributed by atoms with van der Waals surface area (Å²) in [6.07, 6.45) is -7.61. The maximum absolute atomic E-state index is 11.6. The minimum atomic E-state index is -2.21. The molecule has 0 aromatic rings. The Morgan fingerprint density at radius 1 is 1.36 bits per heavy atom. The fraction of sp³-hybridized carbons (Fsp3) is 0.667. The molecule has 1 rings (SSSR count). The number of carbonyl (C=O) groups excluding carboxylic acids is 1. The molecule has 0 aromatic carbocycles. The Morgan fingerprint density at radius 2 is 1.64 bits per heavy atom. The van der Waals surface area contributed by atoms with Crippen molar-refractivity contribution in [3.05, 3.63) is 0 Å². The third-order valence-electron chi connectivity index (χ3n) is 1.32. The standard InChI is InChI=1S/C4H3F3O.C2H5NO2.ClH/c5-1-2(6)4(8)3(1)7;1-3-2(4)5;/h1-3H;3H,1H3,(H,4,5);1H. The molecule has 1 aliphatic rings. The van der Waals surface area contributed by atoms with Gasteiger partial charge in [-0.05, 0) is 0 Å². The smallest absolute Gasteiger partial charge is 0.404 e. The number of Topliss-reactive ketones (excluding diaryl/α,β-unsaturated/α-hetero) is 1. The normalized spacial score (nSPS) is 28.9. The molecule has 2 atom stereocenters. The van der Waals surface area contributed by atoms with E-state index in [-0.39, 0.29) is 12.4 Å². The highest BCUT2D eigenvalue weighted by atomic mass is 35.5. The summed E-state index contributed by atoms with van der Waals surface area (Å²) in [5, 5.41) is 9.56. The fourth-order valence-electron chi connectivity index (χ4n) is 0.496. The summed E-state index contributed by atoms with van der Waals surface area (Å²) in [6, 6.07) is 0. The minimum Gasteiger partial charge on any atom is -0.465 e. The molecule has 1 aliphatic carbocycles. The van der Waals surface area contributed by atoms with Crippen LogP contribution in [0.25, 0.3) is 0 Å². The van der Waals surface area contributed by atoms with E-state index in [1.165, 1.54) is 7.05 Å². The topological polar surface area (TPSA) is 66.4 Å². The molecular formula is C6H9ClF3NO3. The van der Waals surface area contributed by atoms with E-state index in [0.717, 1.165) is 0 Å². The highest BCUT2D eigenvalue weighted by molar-refractivity contribution is 5.95. The molecule has 8 heteroatoms. The first-order chi connectivity index (χ1) is 5.91. The highest BCUT2D eigenvalue weighted by Gasteiger charge is 2.52. The number of nitrogens with one attached hydrogen (secondary N) is 1. The van der Waals surface area contributed by atoms with E-state index in [1.807, 2.05) is 5.32 Å². The van der Waals surface area contributed by atoms with Crippen molar-refractivity contribution in [3.63, 3.8) is 0 Å². The Balaban J connectivity index is 0. The van der Waals surface area contributed by atoms with Crippen molar-refractivity contribution in [2.45, 2.75) is 18.5 Å². The van der Waals surface area contributed by atoms with E-state index in [1.54, 1.807) is 0 Å². The summed E-state index contributed by atoms with van der Waals surface area (Å²) in [7, 11) is 1.35. The second-order valence-corrected chi connectivity index (χ2v) is 2.21. The molecule has 0 radical (unpaired) electrons. The van der Waals surface area contributed by atoms with Crippen LogP contribution in [0.3, 0.4) is 0 Å². The van der Waals surface area contributed by atoms with E-state index in [2.05, 4.69) is 0 Å². The molecule has 84 valence electrons. The third-order valence-corrected chi connectivity index (χ3v) is 1.32. The molecule has 0 heterocycles. The molecule has 0 spiro atoms. The van der Waals surface area contributed by atoms with Gasteiger partial charge in [0.25, 0.3) is 0 Å². The van der Waals surface area contributed by atoms with Gasteiger partial charge in [0.15, 0.2) is 18.5 Å². The Bertz CT molecular complexity index is 204. The zero-order chi connectivity index (χ0) is 10.6. The lowest BCUT2D eigenvalue weighted by molar-refractivity contribution is -0.148. The lowest BCUT2D eigenvalue weighted by Gasteiger charge is -2.25. The fourth-order valence-corrected chi connectivity index (χ4v) is 0.496. The van der Waals surface area contributed by atoms with Gasteiger partial charge in [-0.15, -0.1) is 12.4 Å². The van der Waals surface area contributed by atoms with E-state index in [9.17, 15) is 22.8 Å². The minimum absolute atomic E-state index is 0. The van der Waals surface area contributed by atoms with Gasteiger partial charge in [0, 0.05) is 7.05 Å². The lowest BCUT2D eigenvalue weighted by Crippen LogP contribution is -2.53. The van der Waals surface area contributed by atoms with Gasteiger partial charge in [-0.1, -0.05) is 0 Å². The van der Waals surface area contributed by atoms with Gasteiger partial charge in [-0.3, -0.25) is 4.79 Å². The maximum atomic E-state index is 11.6. The van der Waals surface area contributed by atoms with Gasteiger partial charge in [-0.25, -0.2) is 18.0 Å². The average Bonchev–Trinajstić information content (AvgIpc) is 2.15. The van der Waals surface area contributed by atoms with Crippen molar-refractivity contribution < 1.29 is 27.9 Å². The molecule has 4 nitrogen and oxygen atoms in total. The first kappa shape index (κ1) is 15.5. The summed E-state index contributed by atoms with van der Waals surface area (Å²) in [5.74, 6) is -1.27. The Kier molecular flexibility index (Phi) is 7.16. The molecule has 2 N–H and O–H groups in total.